The number of nitrogens with one attached hydrogen (secondary N) is 2. The summed E-state index contributed by atoms with van der Waals surface area (Å²) >= 11 is 1.01. The van der Waals surface area contributed by atoms with E-state index in [1.165, 1.54) is 12.1 Å². The summed E-state index contributed by atoms with van der Waals surface area (Å²) in [5.41, 5.74) is 3.10. The number of nitrogens with zero attached hydrogens (tertiary/aromatic N) is 1. The van der Waals surface area contributed by atoms with Crippen molar-refractivity contribution in [2.45, 2.75) is 4.90 Å². The van der Waals surface area contributed by atoms with E-state index in [4.69, 9.17) is 0 Å². The molecule has 4 aromatic rings. The minimum atomic E-state index is -0.680. The van der Waals surface area contributed by atoms with Gasteiger partial charge in [-0.1, -0.05) is 24.3 Å². The number of aromatic nitrogens is 2. The number of para-hydroxylation sites is 3. The zero-order chi connectivity index (χ0) is 19.5. The average Bonchev–Trinajstić information content (AvgIpc) is 3.12. The summed E-state index contributed by atoms with van der Waals surface area (Å²) in [6, 6.07) is 18.3. The van der Waals surface area contributed by atoms with Gasteiger partial charge in [0.25, 0.3) is 0 Å². The molecular weight excluding hydrogens is 380 g/mol. The highest BCUT2D eigenvalue weighted by atomic mass is 32.2. The van der Waals surface area contributed by atoms with Crippen LogP contribution in [0.3, 0.4) is 0 Å². The van der Waals surface area contributed by atoms with Crippen LogP contribution in [-0.2, 0) is 4.79 Å². The van der Waals surface area contributed by atoms with Crippen molar-refractivity contribution < 1.29 is 13.6 Å². The number of aromatic amines is 1. The molecule has 7 heteroatoms. The highest BCUT2D eigenvalue weighted by Crippen LogP contribution is 2.28. The first-order chi connectivity index (χ1) is 13.6. The second kappa shape index (κ2) is 7.82. The summed E-state index contributed by atoms with van der Waals surface area (Å²) < 4.78 is 26.7. The monoisotopic (exact) mass is 395 g/mol. The topological polar surface area (TPSA) is 57.8 Å². The van der Waals surface area contributed by atoms with Crippen LogP contribution in [0.4, 0.5) is 14.5 Å². The lowest BCUT2D eigenvalue weighted by Gasteiger charge is -2.09. The molecule has 4 rings (SSSR count). The van der Waals surface area contributed by atoms with Gasteiger partial charge in [0, 0.05) is 16.5 Å². The maximum Gasteiger partial charge on any atom is 0.234 e. The lowest BCUT2D eigenvalue weighted by Crippen LogP contribution is -2.14. The summed E-state index contributed by atoms with van der Waals surface area (Å²) in [5, 5.41) is 2.84. The third-order valence-corrected chi connectivity index (χ3v) is 5.15. The number of hydrogen-bond acceptors (Lipinski definition) is 3. The molecule has 140 valence electrons. The Morgan fingerprint density at radius 1 is 1.04 bits per heavy atom. The molecule has 0 aliphatic heterocycles. The van der Waals surface area contributed by atoms with Crippen LogP contribution < -0.4 is 5.32 Å². The first-order valence-electron chi connectivity index (χ1n) is 8.52. The average molecular weight is 395 g/mol. The Bertz CT molecular complexity index is 1130. The Kier molecular flexibility index (Phi) is 5.08. The van der Waals surface area contributed by atoms with E-state index >= 15 is 0 Å². The van der Waals surface area contributed by atoms with E-state index in [0.717, 1.165) is 34.4 Å². The second-order valence-electron chi connectivity index (χ2n) is 6.06. The normalized spacial score (nSPS) is 10.9. The van der Waals surface area contributed by atoms with Crippen molar-refractivity contribution in [2.24, 2.45) is 0 Å². The van der Waals surface area contributed by atoms with E-state index in [9.17, 15) is 13.6 Å². The summed E-state index contributed by atoms with van der Waals surface area (Å²) in [4.78, 5) is 20.4. The molecule has 0 aliphatic carbocycles. The number of thioether (sulfide) groups is 1. The van der Waals surface area contributed by atoms with Gasteiger partial charge in [0.2, 0.25) is 5.91 Å². The fourth-order valence-electron chi connectivity index (χ4n) is 2.80. The number of rotatable bonds is 5. The Hall–Kier alpha value is -3.19. The smallest absolute Gasteiger partial charge is 0.234 e. The number of amides is 1. The van der Waals surface area contributed by atoms with Crippen LogP contribution in [0.2, 0.25) is 0 Å². The van der Waals surface area contributed by atoms with Crippen LogP contribution in [0.25, 0.3) is 22.4 Å². The van der Waals surface area contributed by atoms with E-state index in [1.54, 1.807) is 6.07 Å². The van der Waals surface area contributed by atoms with E-state index in [0.29, 0.717) is 11.5 Å². The maximum absolute atomic E-state index is 13.7. The van der Waals surface area contributed by atoms with Gasteiger partial charge < -0.3 is 10.3 Å². The first-order valence-corrected chi connectivity index (χ1v) is 9.50. The van der Waals surface area contributed by atoms with Gasteiger partial charge >= 0.3 is 0 Å². The van der Waals surface area contributed by atoms with Crippen molar-refractivity contribution in [2.75, 3.05) is 11.1 Å². The number of hydrogen-bond donors (Lipinski definition) is 2. The molecule has 28 heavy (non-hydrogen) atoms. The van der Waals surface area contributed by atoms with Crippen molar-refractivity contribution >= 4 is 34.4 Å². The van der Waals surface area contributed by atoms with Gasteiger partial charge in [-0.3, -0.25) is 4.79 Å². The number of carbonyl (C=O) groups excluding carboxylic acids is 1. The highest BCUT2D eigenvalue weighted by Gasteiger charge is 2.13. The quantitative estimate of drug-likeness (QED) is 0.455. The largest absolute Gasteiger partial charge is 0.338 e. The van der Waals surface area contributed by atoms with E-state index < -0.39 is 11.6 Å². The van der Waals surface area contributed by atoms with Crippen LogP contribution in [-0.4, -0.2) is 21.6 Å². The number of H-pyrrole nitrogens is 1. The molecule has 1 aromatic heterocycles. The standard InChI is InChI=1S/C21H15F2N3OS/c22-13-9-10-19(15(23)11-13)28-12-20(27)24-16-6-2-1-5-14(16)21-25-17-7-3-4-8-18(17)26-21/h1-11H,12H2,(H,24,27)(H,25,26). The summed E-state index contributed by atoms with van der Waals surface area (Å²) in [5.74, 6) is -0.977. The fraction of sp³-hybridized carbons (Fsp3) is 0.0476. The van der Waals surface area contributed by atoms with Gasteiger partial charge in [0.05, 0.1) is 22.5 Å². The SMILES string of the molecule is O=C(CSc1ccc(F)cc1F)Nc1ccccc1-c1nc2ccccc2[nH]1. The molecule has 0 radical (unpaired) electrons. The minimum Gasteiger partial charge on any atom is -0.338 e. The number of halogens is 2. The summed E-state index contributed by atoms with van der Waals surface area (Å²) in [6.07, 6.45) is 0. The van der Waals surface area contributed by atoms with Gasteiger partial charge in [-0.25, -0.2) is 13.8 Å². The number of benzene rings is 3. The molecule has 1 amide bonds. The molecule has 0 fully saturated rings. The molecule has 1 heterocycles. The molecule has 0 unspecified atom stereocenters. The van der Waals surface area contributed by atoms with E-state index in [-0.39, 0.29) is 16.6 Å². The number of anilines is 1. The predicted molar refractivity (Wildman–Crippen MR) is 107 cm³/mol. The molecule has 2 N–H and O–H groups in total. The van der Waals surface area contributed by atoms with Gasteiger partial charge in [-0.15, -0.1) is 11.8 Å². The molecular formula is C21H15F2N3OS. The van der Waals surface area contributed by atoms with Crippen molar-refractivity contribution in [1.29, 1.82) is 0 Å². The van der Waals surface area contributed by atoms with Gasteiger partial charge in [-0.05, 0) is 36.4 Å². The summed E-state index contributed by atoms with van der Waals surface area (Å²) in [6.45, 7) is 0. The molecule has 0 saturated carbocycles. The van der Waals surface area contributed by atoms with Gasteiger partial charge in [0.15, 0.2) is 0 Å². The van der Waals surface area contributed by atoms with Crippen LogP contribution in [0.1, 0.15) is 0 Å². The molecule has 0 spiro atoms. The number of fused-ring (bicyclic) bond motifs is 1. The Morgan fingerprint density at radius 3 is 2.64 bits per heavy atom. The fourth-order valence-corrected chi connectivity index (χ4v) is 3.52. The minimum absolute atomic E-state index is 0.00296. The predicted octanol–water partition coefficient (Wildman–Crippen LogP) is 5.24. The lowest BCUT2D eigenvalue weighted by molar-refractivity contribution is -0.113. The molecule has 0 saturated heterocycles. The zero-order valence-electron chi connectivity index (χ0n) is 14.6. The Balaban J connectivity index is 1.51. The molecule has 0 aliphatic rings. The number of imidazole rings is 1. The zero-order valence-corrected chi connectivity index (χ0v) is 15.4. The van der Waals surface area contributed by atoms with Crippen LogP contribution in [0.15, 0.2) is 71.6 Å². The van der Waals surface area contributed by atoms with Crippen molar-refractivity contribution in [3.8, 4) is 11.4 Å². The van der Waals surface area contributed by atoms with Gasteiger partial charge in [0.1, 0.15) is 17.5 Å². The van der Waals surface area contributed by atoms with Crippen LogP contribution >= 0.6 is 11.8 Å². The molecule has 0 bridgehead atoms. The van der Waals surface area contributed by atoms with E-state index in [2.05, 4.69) is 15.3 Å². The lowest BCUT2D eigenvalue weighted by atomic mass is 10.1. The Morgan fingerprint density at radius 2 is 1.82 bits per heavy atom. The van der Waals surface area contributed by atoms with Crippen molar-refractivity contribution in [3.63, 3.8) is 0 Å². The third kappa shape index (κ3) is 3.89. The Labute approximate surface area is 164 Å². The van der Waals surface area contributed by atoms with Gasteiger partial charge in [-0.2, -0.15) is 0 Å². The highest BCUT2D eigenvalue weighted by molar-refractivity contribution is 8.00. The molecule has 0 atom stereocenters. The molecule has 4 nitrogen and oxygen atoms in total. The maximum atomic E-state index is 13.7. The molecule has 3 aromatic carbocycles. The second-order valence-corrected chi connectivity index (χ2v) is 7.08. The van der Waals surface area contributed by atoms with E-state index in [1.807, 2.05) is 42.5 Å². The third-order valence-electron chi connectivity index (χ3n) is 4.10. The van der Waals surface area contributed by atoms with Crippen molar-refractivity contribution in [3.05, 3.63) is 78.4 Å². The van der Waals surface area contributed by atoms with Crippen LogP contribution in [0.5, 0.6) is 0 Å². The first kappa shape index (κ1) is 18.2. The number of carbonyl (C=O) groups is 1. The van der Waals surface area contributed by atoms with Crippen molar-refractivity contribution in [1.82, 2.24) is 9.97 Å². The van der Waals surface area contributed by atoms with Crippen LogP contribution in [0, 0.1) is 11.6 Å². The summed E-state index contributed by atoms with van der Waals surface area (Å²) in [7, 11) is 0.